The van der Waals surface area contributed by atoms with Crippen LogP contribution in [0, 0.1) is 0 Å². The summed E-state index contributed by atoms with van der Waals surface area (Å²) in [6, 6.07) is 11.1. The van der Waals surface area contributed by atoms with Gasteiger partial charge in [0.2, 0.25) is 6.79 Å². The number of ether oxygens (including phenoxy) is 3. The zero-order valence-corrected chi connectivity index (χ0v) is 19.5. The van der Waals surface area contributed by atoms with Crippen molar-refractivity contribution in [2.75, 3.05) is 13.3 Å². The largest absolute Gasteiger partial charge is 0.454 e. The molecule has 10 heteroatoms. The van der Waals surface area contributed by atoms with Gasteiger partial charge in [0.1, 0.15) is 10.9 Å². The van der Waals surface area contributed by atoms with Crippen LogP contribution in [-0.2, 0) is 14.6 Å². The molecule has 1 heterocycles. The minimum Gasteiger partial charge on any atom is -0.454 e. The number of fused-ring (bicyclic) bond motifs is 1. The molecule has 2 aromatic rings. The highest BCUT2D eigenvalue weighted by Gasteiger charge is 2.72. The fraction of sp³-hybridized carbons (Fsp3) is 0.409. The fourth-order valence-electron chi connectivity index (χ4n) is 4.15. The lowest BCUT2D eigenvalue weighted by Gasteiger charge is -2.24. The van der Waals surface area contributed by atoms with Crippen molar-refractivity contribution in [3.8, 4) is 11.5 Å². The number of amides is 1. The molecule has 1 fully saturated rings. The van der Waals surface area contributed by atoms with Crippen LogP contribution in [0.15, 0.2) is 47.4 Å². The second kappa shape index (κ2) is 7.83. The van der Waals surface area contributed by atoms with E-state index in [9.17, 15) is 13.2 Å². The number of nitrogens with one attached hydrogen (secondary N) is 1. The summed E-state index contributed by atoms with van der Waals surface area (Å²) in [4.78, 5) is 12.7. The van der Waals surface area contributed by atoms with Crippen molar-refractivity contribution in [3.05, 3.63) is 53.1 Å². The van der Waals surface area contributed by atoms with Gasteiger partial charge in [-0.2, -0.15) is 0 Å². The predicted octanol–water partition coefficient (Wildman–Crippen LogP) is 3.23. The Morgan fingerprint density at radius 2 is 1.84 bits per heavy atom. The molecular formula is C22H25ClN2O6S. The average Bonchev–Trinajstić information content (AvgIpc) is 3.13. The molecule has 3 N–H and O–H groups in total. The number of alkyl carbamates (subject to hydrolysis) is 1. The van der Waals surface area contributed by atoms with Crippen LogP contribution < -0.4 is 20.5 Å². The monoisotopic (exact) mass is 480 g/mol. The summed E-state index contributed by atoms with van der Waals surface area (Å²) in [5, 5.41) is 2.18. The Labute approximate surface area is 191 Å². The first-order valence-corrected chi connectivity index (χ1v) is 12.0. The maximum atomic E-state index is 13.6. The highest BCUT2D eigenvalue weighted by Crippen LogP contribution is 2.58. The summed E-state index contributed by atoms with van der Waals surface area (Å²) in [6.07, 6.45) is -0.734. The van der Waals surface area contributed by atoms with Crippen LogP contribution in [-0.4, -0.2) is 44.2 Å². The van der Waals surface area contributed by atoms with Gasteiger partial charge in [0, 0.05) is 17.5 Å². The van der Waals surface area contributed by atoms with Crippen molar-refractivity contribution < 1.29 is 27.4 Å². The third kappa shape index (κ3) is 4.00. The maximum absolute atomic E-state index is 13.6. The number of benzene rings is 2. The van der Waals surface area contributed by atoms with Gasteiger partial charge in [0.05, 0.1) is 10.4 Å². The second-order valence-corrected chi connectivity index (χ2v) is 11.4. The summed E-state index contributed by atoms with van der Waals surface area (Å²) < 4.78 is 43.4. The molecule has 32 heavy (non-hydrogen) atoms. The van der Waals surface area contributed by atoms with Crippen molar-refractivity contribution in [1.29, 1.82) is 0 Å². The van der Waals surface area contributed by atoms with Gasteiger partial charge < -0.3 is 25.3 Å². The molecule has 1 aliphatic heterocycles. The van der Waals surface area contributed by atoms with E-state index in [1.165, 1.54) is 24.3 Å². The van der Waals surface area contributed by atoms with Crippen LogP contribution in [0.4, 0.5) is 4.79 Å². The number of carbonyl (C=O) groups is 1. The van der Waals surface area contributed by atoms with Gasteiger partial charge in [-0.1, -0.05) is 17.7 Å². The Morgan fingerprint density at radius 3 is 2.47 bits per heavy atom. The van der Waals surface area contributed by atoms with Gasteiger partial charge in [-0.15, -0.1) is 0 Å². The number of hydrogen-bond acceptors (Lipinski definition) is 7. The summed E-state index contributed by atoms with van der Waals surface area (Å²) in [5.74, 6) is 0.473. The maximum Gasteiger partial charge on any atom is 0.408 e. The minimum absolute atomic E-state index is 0.0914. The first kappa shape index (κ1) is 22.7. The second-order valence-electron chi connectivity index (χ2n) is 8.88. The van der Waals surface area contributed by atoms with Crippen LogP contribution in [0.2, 0.25) is 5.02 Å². The van der Waals surface area contributed by atoms with Gasteiger partial charge in [-0.05, 0) is 62.7 Å². The lowest BCUT2D eigenvalue weighted by Crippen LogP contribution is -2.49. The number of carbonyl (C=O) groups excluding carboxylic acids is 1. The first-order chi connectivity index (χ1) is 15.0. The molecule has 172 valence electrons. The molecule has 2 aromatic carbocycles. The van der Waals surface area contributed by atoms with E-state index in [2.05, 4.69) is 5.32 Å². The van der Waals surface area contributed by atoms with Crippen molar-refractivity contribution in [3.63, 3.8) is 0 Å². The van der Waals surface area contributed by atoms with Gasteiger partial charge >= 0.3 is 6.09 Å². The summed E-state index contributed by atoms with van der Waals surface area (Å²) >= 11 is 5.94. The average molecular weight is 481 g/mol. The SMILES string of the molecule is CC(C)(C)OC(=O)N[C@@]1(CN)[C@@H](c2ccc3c(c2)OCO3)[C@@H]1S(=O)(=O)c1ccc(Cl)cc1. The Bertz CT molecular complexity index is 1150. The van der Waals surface area contributed by atoms with Crippen LogP contribution in [0.3, 0.4) is 0 Å². The van der Waals surface area contributed by atoms with Crippen LogP contribution in [0.1, 0.15) is 32.3 Å². The molecule has 4 rings (SSSR count). The molecule has 0 bridgehead atoms. The molecule has 2 aliphatic rings. The Balaban J connectivity index is 1.75. The van der Waals surface area contributed by atoms with E-state index >= 15 is 0 Å². The molecular weight excluding hydrogens is 456 g/mol. The van der Waals surface area contributed by atoms with Crippen molar-refractivity contribution in [2.24, 2.45) is 5.73 Å². The van der Waals surface area contributed by atoms with E-state index in [-0.39, 0.29) is 18.2 Å². The van der Waals surface area contributed by atoms with Crippen molar-refractivity contribution in [1.82, 2.24) is 5.32 Å². The van der Waals surface area contributed by atoms with Crippen molar-refractivity contribution in [2.45, 2.75) is 48.0 Å². The lowest BCUT2D eigenvalue weighted by atomic mass is 10.1. The van der Waals surface area contributed by atoms with E-state index < -0.39 is 38.2 Å². The molecule has 1 saturated carbocycles. The lowest BCUT2D eigenvalue weighted by molar-refractivity contribution is 0.0497. The van der Waals surface area contributed by atoms with Crippen molar-refractivity contribution >= 4 is 27.5 Å². The van der Waals surface area contributed by atoms with E-state index in [4.69, 9.17) is 31.5 Å². The van der Waals surface area contributed by atoms with Crippen LogP contribution in [0.5, 0.6) is 11.5 Å². The Kier molecular flexibility index (Phi) is 5.55. The third-order valence-corrected chi connectivity index (χ3v) is 8.10. The highest BCUT2D eigenvalue weighted by molar-refractivity contribution is 7.92. The first-order valence-electron chi connectivity index (χ1n) is 10.1. The molecule has 0 unspecified atom stereocenters. The van der Waals surface area contributed by atoms with Gasteiger partial charge in [-0.3, -0.25) is 0 Å². The predicted molar refractivity (Wildman–Crippen MR) is 119 cm³/mol. The number of halogens is 1. The Morgan fingerprint density at radius 1 is 1.19 bits per heavy atom. The highest BCUT2D eigenvalue weighted by atomic mass is 35.5. The molecule has 0 radical (unpaired) electrons. The summed E-state index contributed by atoms with van der Waals surface area (Å²) in [7, 11) is -3.88. The standard InChI is InChI=1S/C22H25ClN2O6S/c1-21(2,3)31-20(26)25-22(11-24)18(13-4-9-16-17(10-13)30-12-29-16)19(22)32(27,28)15-7-5-14(23)6-8-15/h4-10,18-19H,11-12,24H2,1-3H3,(H,25,26)/t18-,19-,22-/m0/s1. The number of hydrogen-bond donors (Lipinski definition) is 2. The smallest absolute Gasteiger partial charge is 0.408 e. The molecule has 0 spiro atoms. The zero-order valence-electron chi connectivity index (χ0n) is 17.9. The number of sulfone groups is 1. The number of rotatable bonds is 5. The van der Waals surface area contributed by atoms with Gasteiger partial charge in [0.25, 0.3) is 0 Å². The Hall–Kier alpha value is -2.49. The van der Waals surface area contributed by atoms with Gasteiger partial charge in [-0.25, -0.2) is 13.2 Å². The van der Waals surface area contributed by atoms with Crippen LogP contribution in [0.25, 0.3) is 0 Å². The normalized spacial score (nSPS) is 24.2. The van der Waals surface area contributed by atoms with E-state index in [0.29, 0.717) is 22.1 Å². The quantitative estimate of drug-likeness (QED) is 0.674. The summed E-state index contributed by atoms with van der Waals surface area (Å²) in [5.41, 5.74) is 4.75. The molecule has 8 nitrogen and oxygen atoms in total. The fourth-order valence-corrected chi connectivity index (χ4v) is 6.62. The molecule has 0 aromatic heterocycles. The van der Waals surface area contributed by atoms with Crippen LogP contribution >= 0.6 is 11.6 Å². The summed E-state index contributed by atoms with van der Waals surface area (Å²) in [6.45, 7) is 5.17. The van der Waals surface area contributed by atoms with E-state index in [1.807, 2.05) is 0 Å². The third-order valence-electron chi connectivity index (χ3n) is 5.56. The van der Waals surface area contributed by atoms with Gasteiger partial charge in [0.15, 0.2) is 21.3 Å². The zero-order chi connectivity index (χ0) is 23.3. The van der Waals surface area contributed by atoms with E-state index in [0.717, 1.165) is 0 Å². The topological polar surface area (TPSA) is 117 Å². The molecule has 1 amide bonds. The van der Waals surface area contributed by atoms with E-state index in [1.54, 1.807) is 39.0 Å². The molecule has 0 saturated heterocycles. The number of nitrogens with two attached hydrogens (primary N) is 1. The molecule has 1 aliphatic carbocycles. The molecule has 3 atom stereocenters. The minimum atomic E-state index is -3.88.